The molecule has 0 amide bonds. The lowest BCUT2D eigenvalue weighted by molar-refractivity contribution is -0.143. The van der Waals surface area contributed by atoms with Crippen molar-refractivity contribution in [3.05, 3.63) is 52.0 Å². The summed E-state index contributed by atoms with van der Waals surface area (Å²) in [5.41, 5.74) is 3.03. The van der Waals surface area contributed by atoms with E-state index >= 15 is 4.39 Å². The van der Waals surface area contributed by atoms with Crippen LogP contribution in [0.5, 0.6) is 5.75 Å². The number of rotatable bonds is 12. The number of nitriles is 1. The molecule has 210 valence electrons. The van der Waals surface area contributed by atoms with Crippen LogP contribution in [0.15, 0.2) is 18.2 Å². The molecule has 0 unspecified atom stereocenters. The molecule has 3 heterocycles. The Bertz CT molecular complexity index is 1210. The summed E-state index contributed by atoms with van der Waals surface area (Å²) in [5.74, 6) is -1.19. The second kappa shape index (κ2) is 13.2. The zero-order valence-corrected chi connectivity index (χ0v) is 23.1. The molecular formula is C30H39FN4O4. The van der Waals surface area contributed by atoms with Gasteiger partial charge in [-0.15, -0.1) is 0 Å². The number of carboxylic acids is 1. The second-order valence-corrected chi connectivity index (χ2v) is 10.7. The molecule has 0 bridgehead atoms. The minimum Gasteiger partial charge on any atom is -0.493 e. The van der Waals surface area contributed by atoms with Crippen LogP contribution in [0, 0.1) is 17.1 Å². The number of benzene rings is 1. The maximum absolute atomic E-state index is 15.2. The van der Waals surface area contributed by atoms with Gasteiger partial charge in [0, 0.05) is 37.5 Å². The molecule has 1 saturated heterocycles. The van der Waals surface area contributed by atoms with Gasteiger partial charge in [-0.3, -0.25) is 9.69 Å². The normalized spacial score (nSPS) is 17.9. The maximum Gasteiger partial charge on any atom is 0.325 e. The van der Waals surface area contributed by atoms with Crippen molar-refractivity contribution >= 4 is 11.8 Å². The van der Waals surface area contributed by atoms with Gasteiger partial charge >= 0.3 is 5.97 Å². The average molecular weight is 539 g/mol. The first kappa shape index (κ1) is 28.8. The van der Waals surface area contributed by atoms with Crippen LogP contribution in [0.25, 0.3) is 0 Å². The van der Waals surface area contributed by atoms with E-state index in [0.29, 0.717) is 31.7 Å². The molecule has 2 aliphatic rings. The number of aromatic nitrogens is 1. The Kier molecular flexibility index (Phi) is 9.76. The summed E-state index contributed by atoms with van der Waals surface area (Å²) in [5, 5.41) is 23.0. The van der Waals surface area contributed by atoms with Gasteiger partial charge in [-0.1, -0.05) is 26.3 Å². The molecule has 0 aliphatic carbocycles. The summed E-state index contributed by atoms with van der Waals surface area (Å²) >= 11 is 0. The lowest BCUT2D eigenvalue weighted by Crippen LogP contribution is -2.34. The first-order chi connectivity index (χ1) is 18.8. The fourth-order valence-corrected chi connectivity index (χ4v) is 5.61. The summed E-state index contributed by atoms with van der Waals surface area (Å²) in [7, 11) is 1.30. The molecule has 1 aromatic carbocycles. The van der Waals surface area contributed by atoms with Crippen molar-refractivity contribution in [3.63, 3.8) is 0 Å². The van der Waals surface area contributed by atoms with Crippen molar-refractivity contribution in [2.24, 2.45) is 0 Å². The third kappa shape index (κ3) is 6.68. The van der Waals surface area contributed by atoms with Gasteiger partial charge in [0.15, 0.2) is 11.6 Å². The molecule has 0 saturated carbocycles. The number of carbonyl (C=O) groups is 1. The number of anilines is 1. The van der Waals surface area contributed by atoms with Gasteiger partial charge in [0.05, 0.1) is 18.8 Å². The van der Waals surface area contributed by atoms with Crippen LogP contribution in [0.3, 0.4) is 0 Å². The van der Waals surface area contributed by atoms with Crippen molar-refractivity contribution in [2.75, 3.05) is 38.7 Å². The van der Waals surface area contributed by atoms with Gasteiger partial charge in [0.2, 0.25) is 0 Å². The number of methoxy groups -OCH3 is 1. The fourth-order valence-electron chi connectivity index (χ4n) is 5.61. The molecule has 2 aromatic rings. The third-order valence-corrected chi connectivity index (χ3v) is 7.67. The minimum atomic E-state index is -1.09. The van der Waals surface area contributed by atoms with Crippen LogP contribution >= 0.6 is 0 Å². The number of ether oxygens (including phenoxy) is 2. The Morgan fingerprint density at radius 3 is 2.85 bits per heavy atom. The molecule has 2 N–H and O–H groups in total. The SMILES string of the molecule is COc1c([C@@H](C(=O)O)N2CC[C@@H](OCCCCCc3ccc4c(n3)NCCC4)C2)cc(C(C)C)c(C#N)c1F. The van der Waals surface area contributed by atoms with Crippen LogP contribution in [-0.4, -0.2) is 60.4 Å². The Labute approximate surface area is 230 Å². The van der Waals surface area contributed by atoms with Crippen molar-refractivity contribution in [1.82, 2.24) is 9.88 Å². The zero-order chi connectivity index (χ0) is 27.9. The number of hydrogen-bond donors (Lipinski definition) is 2. The number of carboxylic acid groups (broad SMARTS) is 1. The molecule has 2 aliphatic heterocycles. The number of unbranched alkanes of at least 4 members (excludes halogenated alkanes) is 2. The van der Waals surface area contributed by atoms with Crippen molar-refractivity contribution < 1.29 is 23.8 Å². The highest BCUT2D eigenvalue weighted by molar-refractivity contribution is 5.77. The quantitative estimate of drug-likeness (QED) is 0.355. The first-order valence-electron chi connectivity index (χ1n) is 14.0. The minimum absolute atomic E-state index is 0.0842. The number of fused-ring (bicyclic) bond motifs is 1. The lowest BCUT2D eigenvalue weighted by atomic mass is 9.91. The third-order valence-electron chi connectivity index (χ3n) is 7.67. The van der Waals surface area contributed by atoms with E-state index in [4.69, 9.17) is 14.5 Å². The Balaban J connectivity index is 1.30. The van der Waals surface area contributed by atoms with E-state index < -0.39 is 17.8 Å². The number of nitrogens with one attached hydrogen (secondary N) is 1. The highest BCUT2D eigenvalue weighted by atomic mass is 19.1. The van der Waals surface area contributed by atoms with Gasteiger partial charge in [0.25, 0.3) is 0 Å². The van der Waals surface area contributed by atoms with Crippen LogP contribution < -0.4 is 10.1 Å². The number of pyridine rings is 1. The second-order valence-electron chi connectivity index (χ2n) is 10.7. The largest absolute Gasteiger partial charge is 0.493 e. The highest BCUT2D eigenvalue weighted by Gasteiger charge is 2.37. The van der Waals surface area contributed by atoms with Gasteiger partial charge in [0.1, 0.15) is 17.9 Å². The molecule has 2 atom stereocenters. The summed E-state index contributed by atoms with van der Waals surface area (Å²) in [4.78, 5) is 19.0. The van der Waals surface area contributed by atoms with Crippen molar-refractivity contribution in [3.8, 4) is 11.8 Å². The molecule has 9 heteroatoms. The number of nitrogens with zero attached hydrogens (tertiary/aromatic N) is 3. The molecule has 8 nitrogen and oxygen atoms in total. The summed E-state index contributed by atoms with van der Waals surface area (Å²) in [6, 6.07) is 6.76. The first-order valence-corrected chi connectivity index (χ1v) is 14.0. The summed E-state index contributed by atoms with van der Waals surface area (Å²) in [6.45, 7) is 6.25. The zero-order valence-electron chi connectivity index (χ0n) is 23.1. The Morgan fingerprint density at radius 1 is 1.31 bits per heavy atom. The summed E-state index contributed by atoms with van der Waals surface area (Å²) in [6.07, 6.45) is 6.80. The van der Waals surface area contributed by atoms with Gasteiger partial charge in [-0.25, -0.2) is 9.37 Å². The average Bonchev–Trinajstić information content (AvgIpc) is 3.38. The van der Waals surface area contributed by atoms with Crippen LogP contribution in [-0.2, 0) is 22.4 Å². The van der Waals surface area contributed by atoms with Gasteiger partial charge in [-0.05, 0) is 67.7 Å². The van der Waals surface area contributed by atoms with Gasteiger partial charge < -0.3 is 19.9 Å². The predicted molar refractivity (Wildman–Crippen MR) is 147 cm³/mol. The smallest absolute Gasteiger partial charge is 0.325 e. The number of halogens is 1. The van der Waals surface area contributed by atoms with E-state index in [-0.39, 0.29) is 28.9 Å². The number of aliphatic carboxylic acids is 1. The monoisotopic (exact) mass is 538 g/mol. The van der Waals surface area contributed by atoms with E-state index in [1.807, 2.05) is 19.9 Å². The van der Waals surface area contributed by atoms with Gasteiger partial charge in [-0.2, -0.15) is 5.26 Å². The van der Waals surface area contributed by atoms with E-state index in [0.717, 1.165) is 56.6 Å². The molecule has 1 fully saturated rings. The fraction of sp³-hybridized carbons (Fsp3) is 0.567. The molecule has 1 aromatic heterocycles. The standard InChI is InChI=1S/C30H39FN4O4/c1-19(2)23-16-24(28(38-3)26(31)25(23)17-32)27(30(36)37)35-14-12-22(18-35)39-15-6-4-5-9-21-11-10-20-8-7-13-33-29(20)34-21/h10-11,16,19,22,27H,4-9,12-15,18H2,1-3H3,(H,33,34)(H,36,37)/t22-,27+/m1/s1. The molecule has 4 rings (SSSR count). The highest BCUT2D eigenvalue weighted by Crippen LogP contribution is 2.39. The maximum atomic E-state index is 15.2. The van der Waals surface area contributed by atoms with E-state index in [1.165, 1.54) is 12.7 Å². The van der Waals surface area contributed by atoms with E-state index in [2.05, 4.69) is 17.4 Å². The predicted octanol–water partition coefficient (Wildman–Crippen LogP) is 5.21. The summed E-state index contributed by atoms with van der Waals surface area (Å²) < 4.78 is 26.6. The lowest BCUT2D eigenvalue weighted by Gasteiger charge is -2.27. The molecule has 0 spiro atoms. The molecule has 0 radical (unpaired) electrons. The Hall–Kier alpha value is -3.22. The Morgan fingerprint density at radius 2 is 2.13 bits per heavy atom. The molecular weight excluding hydrogens is 499 g/mol. The van der Waals surface area contributed by atoms with E-state index in [9.17, 15) is 15.2 Å². The number of hydrogen-bond acceptors (Lipinski definition) is 7. The van der Waals surface area contributed by atoms with Crippen LogP contribution in [0.4, 0.5) is 10.2 Å². The number of likely N-dealkylation sites (tertiary alicyclic amines) is 1. The van der Waals surface area contributed by atoms with Crippen LogP contribution in [0.2, 0.25) is 0 Å². The van der Waals surface area contributed by atoms with E-state index in [1.54, 1.807) is 11.0 Å². The van der Waals surface area contributed by atoms with Crippen LogP contribution in [0.1, 0.15) is 85.9 Å². The topological polar surface area (TPSA) is 108 Å². The van der Waals surface area contributed by atoms with Crippen molar-refractivity contribution in [1.29, 1.82) is 5.26 Å². The van der Waals surface area contributed by atoms with Crippen molar-refractivity contribution in [2.45, 2.75) is 76.9 Å². The number of aryl methyl sites for hydroxylation is 2. The molecule has 39 heavy (non-hydrogen) atoms.